The van der Waals surface area contributed by atoms with Gasteiger partial charge in [-0.1, -0.05) is 5.16 Å². The van der Waals surface area contributed by atoms with Crippen LogP contribution in [0, 0.1) is 6.92 Å². The topological polar surface area (TPSA) is 84.4 Å². The molecule has 0 amide bonds. The molecule has 1 aromatic carbocycles. The predicted molar refractivity (Wildman–Crippen MR) is 85.5 cm³/mol. The molecule has 3 aromatic rings. The molecule has 0 atom stereocenters. The SMILES string of the molecule is COc1cc(-c2noc(Cn3ccnc3C)n2)cc(OC)c1OC. The lowest BCUT2D eigenvalue weighted by atomic mass is 10.1. The van der Waals surface area contributed by atoms with E-state index in [-0.39, 0.29) is 0 Å². The molecular formula is C16H18N4O4. The average molecular weight is 330 g/mol. The van der Waals surface area contributed by atoms with Crippen molar-refractivity contribution in [1.29, 1.82) is 0 Å². The van der Waals surface area contributed by atoms with Gasteiger partial charge in [-0.3, -0.25) is 0 Å². The fourth-order valence-corrected chi connectivity index (χ4v) is 2.36. The Morgan fingerprint density at radius 1 is 1.08 bits per heavy atom. The summed E-state index contributed by atoms with van der Waals surface area (Å²) in [5.41, 5.74) is 0.710. The van der Waals surface area contributed by atoms with Crippen molar-refractivity contribution < 1.29 is 18.7 Å². The molecule has 0 bridgehead atoms. The van der Waals surface area contributed by atoms with Crippen LogP contribution in [0.1, 0.15) is 11.7 Å². The summed E-state index contributed by atoms with van der Waals surface area (Å²) in [6.45, 7) is 2.37. The summed E-state index contributed by atoms with van der Waals surface area (Å²) in [5, 5.41) is 4.03. The number of nitrogens with zero attached hydrogens (tertiary/aromatic N) is 4. The van der Waals surface area contributed by atoms with Crippen LogP contribution in [0.15, 0.2) is 29.0 Å². The maximum atomic E-state index is 5.35. The lowest BCUT2D eigenvalue weighted by Crippen LogP contribution is -2.01. The summed E-state index contributed by atoms with van der Waals surface area (Å²) in [6, 6.07) is 3.55. The molecule has 8 nitrogen and oxygen atoms in total. The maximum Gasteiger partial charge on any atom is 0.246 e. The molecule has 0 fully saturated rings. The quantitative estimate of drug-likeness (QED) is 0.685. The van der Waals surface area contributed by atoms with E-state index in [0.29, 0.717) is 41.1 Å². The number of imidazole rings is 1. The number of aryl methyl sites for hydroxylation is 1. The van der Waals surface area contributed by atoms with Crippen molar-refractivity contribution in [2.45, 2.75) is 13.5 Å². The maximum absolute atomic E-state index is 5.35. The fraction of sp³-hybridized carbons (Fsp3) is 0.312. The first-order valence-electron chi connectivity index (χ1n) is 7.27. The first-order chi connectivity index (χ1) is 11.7. The van der Waals surface area contributed by atoms with Crippen LogP contribution in [-0.4, -0.2) is 41.0 Å². The highest BCUT2D eigenvalue weighted by molar-refractivity contribution is 5.66. The van der Waals surface area contributed by atoms with E-state index in [1.165, 1.54) is 0 Å². The number of benzene rings is 1. The molecule has 0 saturated carbocycles. The zero-order valence-corrected chi connectivity index (χ0v) is 13.9. The smallest absolute Gasteiger partial charge is 0.246 e. The van der Waals surface area contributed by atoms with Gasteiger partial charge in [0.05, 0.1) is 21.3 Å². The number of rotatable bonds is 6. The molecule has 24 heavy (non-hydrogen) atoms. The van der Waals surface area contributed by atoms with Crippen molar-refractivity contribution in [2.75, 3.05) is 21.3 Å². The molecule has 3 rings (SSSR count). The molecule has 0 aliphatic carbocycles. The van der Waals surface area contributed by atoms with Gasteiger partial charge in [0.2, 0.25) is 17.5 Å². The van der Waals surface area contributed by atoms with Crippen molar-refractivity contribution in [3.05, 3.63) is 36.2 Å². The Hall–Kier alpha value is -3.03. The predicted octanol–water partition coefficient (Wildman–Crippen LogP) is 2.32. The summed E-state index contributed by atoms with van der Waals surface area (Å²) in [5.74, 6) is 3.39. The zero-order valence-electron chi connectivity index (χ0n) is 13.9. The number of hydrogen-bond donors (Lipinski definition) is 0. The lowest BCUT2D eigenvalue weighted by molar-refractivity contribution is 0.324. The Labute approximate surface area is 139 Å². The molecule has 126 valence electrons. The van der Waals surface area contributed by atoms with Gasteiger partial charge in [-0.2, -0.15) is 4.98 Å². The standard InChI is InChI=1S/C16H18N4O4/c1-10-17-5-6-20(10)9-14-18-16(19-24-14)11-7-12(21-2)15(23-4)13(8-11)22-3/h5-8H,9H2,1-4H3. The van der Waals surface area contributed by atoms with Crippen molar-refractivity contribution in [3.8, 4) is 28.6 Å². The summed E-state index contributed by atoms with van der Waals surface area (Å²) >= 11 is 0. The minimum Gasteiger partial charge on any atom is -0.493 e. The molecular weight excluding hydrogens is 312 g/mol. The third-order valence-electron chi connectivity index (χ3n) is 3.62. The first-order valence-corrected chi connectivity index (χ1v) is 7.27. The molecule has 0 unspecified atom stereocenters. The fourth-order valence-electron chi connectivity index (χ4n) is 2.36. The van der Waals surface area contributed by atoms with Crippen LogP contribution in [0.25, 0.3) is 11.4 Å². The van der Waals surface area contributed by atoms with E-state index in [0.717, 1.165) is 5.82 Å². The van der Waals surface area contributed by atoms with Crippen LogP contribution in [0.5, 0.6) is 17.2 Å². The Morgan fingerprint density at radius 2 is 1.79 bits per heavy atom. The Balaban J connectivity index is 1.93. The molecule has 0 aliphatic heterocycles. The Morgan fingerprint density at radius 3 is 2.33 bits per heavy atom. The number of methoxy groups -OCH3 is 3. The van der Waals surface area contributed by atoms with Gasteiger partial charge in [0.1, 0.15) is 12.4 Å². The highest BCUT2D eigenvalue weighted by Gasteiger charge is 2.17. The van der Waals surface area contributed by atoms with Gasteiger partial charge < -0.3 is 23.3 Å². The second-order valence-electron chi connectivity index (χ2n) is 5.03. The van der Waals surface area contributed by atoms with Gasteiger partial charge in [-0.25, -0.2) is 4.98 Å². The van der Waals surface area contributed by atoms with E-state index in [1.807, 2.05) is 17.7 Å². The molecule has 0 saturated heterocycles. The van der Waals surface area contributed by atoms with Crippen LogP contribution in [0.2, 0.25) is 0 Å². The monoisotopic (exact) mass is 330 g/mol. The van der Waals surface area contributed by atoms with Crippen LogP contribution in [-0.2, 0) is 6.54 Å². The molecule has 2 heterocycles. The van der Waals surface area contributed by atoms with Crippen LogP contribution in [0.4, 0.5) is 0 Å². The van der Waals surface area contributed by atoms with E-state index in [2.05, 4.69) is 15.1 Å². The van der Waals surface area contributed by atoms with Gasteiger partial charge in [-0.15, -0.1) is 0 Å². The number of hydrogen-bond acceptors (Lipinski definition) is 7. The van der Waals surface area contributed by atoms with E-state index >= 15 is 0 Å². The number of ether oxygens (including phenoxy) is 3. The minimum absolute atomic E-state index is 0.446. The van der Waals surface area contributed by atoms with E-state index in [9.17, 15) is 0 Å². The molecule has 0 N–H and O–H groups in total. The van der Waals surface area contributed by atoms with Crippen molar-refractivity contribution in [1.82, 2.24) is 19.7 Å². The van der Waals surface area contributed by atoms with E-state index in [1.54, 1.807) is 39.7 Å². The van der Waals surface area contributed by atoms with Gasteiger partial charge in [0.25, 0.3) is 0 Å². The molecule has 0 radical (unpaired) electrons. The van der Waals surface area contributed by atoms with Crippen molar-refractivity contribution >= 4 is 0 Å². The number of aromatic nitrogens is 4. The largest absolute Gasteiger partial charge is 0.493 e. The molecule has 8 heteroatoms. The molecule has 0 aliphatic rings. The van der Waals surface area contributed by atoms with E-state index in [4.69, 9.17) is 18.7 Å². The van der Waals surface area contributed by atoms with Crippen molar-refractivity contribution in [2.24, 2.45) is 0 Å². The highest BCUT2D eigenvalue weighted by atomic mass is 16.5. The average Bonchev–Trinajstić information content (AvgIpc) is 3.23. The molecule has 2 aromatic heterocycles. The first kappa shape index (κ1) is 15.9. The zero-order chi connectivity index (χ0) is 17.1. The Kier molecular flexibility index (Phi) is 4.37. The van der Waals surface area contributed by atoms with Gasteiger partial charge in [0, 0.05) is 18.0 Å². The second-order valence-corrected chi connectivity index (χ2v) is 5.03. The highest BCUT2D eigenvalue weighted by Crippen LogP contribution is 2.40. The molecule has 0 spiro atoms. The summed E-state index contributed by atoms with van der Waals surface area (Å²) < 4.78 is 23.3. The minimum atomic E-state index is 0.446. The Bertz CT molecular complexity index is 815. The van der Waals surface area contributed by atoms with Gasteiger partial charge in [-0.05, 0) is 19.1 Å². The van der Waals surface area contributed by atoms with Gasteiger partial charge >= 0.3 is 0 Å². The normalized spacial score (nSPS) is 10.7. The third kappa shape index (κ3) is 2.90. The van der Waals surface area contributed by atoms with Crippen molar-refractivity contribution in [3.63, 3.8) is 0 Å². The van der Waals surface area contributed by atoms with E-state index < -0.39 is 0 Å². The lowest BCUT2D eigenvalue weighted by Gasteiger charge is -2.12. The van der Waals surface area contributed by atoms with Crippen LogP contribution >= 0.6 is 0 Å². The summed E-state index contributed by atoms with van der Waals surface area (Å²) in [4.78, 5) is 8.59. The summed E-state index contributed by atoms with van der Waals surface area (Å²) in [7, 11) is 4.68. The summed E-state index contributed by atoms with van der Waals surface area (Å²) in [6.07, 6.45) is 3.59. The second kappa shape index (κ2) is 6.61. The third-order valence-corrected chi connectivity index (χ3v) is 3.62. The van der Waals surface area contributed by atoms with Gasteiger partial charge in [0.15, 0.2) is 11.5 Å². The van der Waals surface area contributed by atoms with Crippen LogP contribution < -0.4 is 14.2 Å². The van der Waals surface area contributed by atoms with Crippen LogP contribution in [0.3, 0.4) is 0 Å².